The van der Waals surface area contributed by atoms with Crippen molar-refractivity contribution in [3.05, 3.63) is 62.9 Å². The predicted octanol–water partition coefficient (Wildman–Crippen LogP) is 6.89. The van der Waals surface area contributed by atoms with E-state index in [0.29, 0.717) is 57.7 Å². The predicted molar refractivity (Wildman–Crippen MR) is 183 cm³/mol. The number of allylic oxidation sites excluding steroid dienone is 1. The van der Waals surface area contributed by atoms with Crippen molar-refractivity contribution in [3.8, 4) is 0 Å². The Morgan fingerprint density at radius 3 is 1.68 bits per heavy atom. The lowest BCUT2D eigenvalue weighted by molar-refractivity contribution is -0.130. The van der Waals surface area contributed by atoms with E-state index in [1.54, 1.807) is 29.2 Å². The topological polar surface area (TPSA) is 90.5 Å². The average molecular weight is 609 g/mol. The van der Waals surface area contributed by atoms with E-state index in [2.05, 4.69) is 48.8 Å². The zero-order valence-corrected chi connectivity index (χ0v) is 27.3. The number of carbonyl (C=O) groups is 3. The van der Waals surface area contributed by atoms with Gasteiger partial charge < -0.3 is 20.9 Å². The number of rotatable bonds is 22. The highest BCUT2D eigenvalue weighted by Crippen LogP contribution is 2.35. The van der Waals surface area contributed by atoms with Gasteiger partial charge in [-0.15, -0.1) is 26.3 Å². The molecule has 0 saturated heterocycles. The molecule has 0 heterocycles. The Labute approximate surface area is 267 Å². The molecule has 7 heteroatoms. The van der Waals surface area contributed by atoms with Crippen molar-refractivity contribution in [2.24, 2.45) is 11.8 Å². The summed E-state index contributed by atoms with van der Waals surface area (Å²) in [5, 5.41) is 9.86. The van der Waals surface area contributed by atoms with Crippen LogP contribution in [0.3, 0.4) is 0 Å². The lowest BCUT2D eigenvalue weighted by atomic mass is 9.75. The summed E-state index contributed by atoms with van der Waals surface area (Å²) < 4.78 is 0. The summed E-state index contributed by atoms with van der Waals surface area (Å²) in [6, 6.07) is 0.797. The fraction of sp³-hybridized carbons (Fsp3) is 0.649. The van der Waals surface area contributed by atoms with Crippen LogP contribution in [0.4, 0.5) is 0 Å². The quantitative estimate of drug-likeness (QED) is 0.117. The Kier molecular flexibility index (Phi) is 18.2. The number of hydrogen-bond donors (Lipinski definition) is 3. The van der Waals surface area contributed by atoms with Gasteiger partial charge in [0.1, 0.15) is 0 Å². The molecule has 0 aromatic carbocycles. The van der Waals surface area contributed by atoms with Crippen molar-refractivity contribution < 1.29 is 14.4 Å². The molecule has 2 aliphatic carbocycles. The maximum absolute atomic E-state index is 12.5. The highest BCUT2D eigenvalue weighted by molar-refractivity contribution is 5.79. The summed E-state index contributed by atoms with van der Waals surface area (Å²) in [7, 11) is 0. The van der Waals surface area contributed by atoms with Crippen molar-refractivity contribution in [2.75, 3.05) is 13.1 Å². The van der Waals surface area contributed by atoms with Crippen LogP contribution in [-0.2, 0) is 14.4 Å². The fourth-order valence-corrected chi connectivity index (χ4v) is 6.74. The molecular formula is C37H60N4O3. The smallest absolute Gasteiger partial charge is 0.223 e. The lowest BCUT2D eigenvalue weighted by Gasteiger charge is -2.35. The van der Waals surface area contributed by atoms with E-state index in [4.69, 9.17) is 0 Å². The third kappa shape index (κ3) is 15.1. The number of amides is 3. The summed E-state index contributed by atoms with van der Waals surface area (Å²) >= 11 is 0. The number of nitrogens with zero attached hydrogens (tertiary/aromatic N) is 1. The molecule has 3 amide bonds. The highest BCUT2D eigenvalue weighted by Gasteiger charge is 2.27. The van der Waals surface area contributed by atoms with E-state index in [9.17, 15) is 14.4 Å². The SMILES string of the molecule is C=CCC(CC=C)NC(=O)CCCC(=O)NC1CCC(CC2CCC(NC(=C)CCCC(=O)N(CC=C)CC=C)CC2)CC1. The monoisotopic (exact) mass is 608 g/mol. The third-order valence-corrected chi connectivity index (χ3v) is 9.13. The molecule has 0 spiro atoms. The van der Waals surface area contributed by atoms with Gasteiger partial charge in [-0.3, -0.25) is 14.4 Å². The molecule has 44 heavy (non-hydrogen) atoms. The van der Waals surface area contributed by atoms with Gasteiger partial charge in [-0.1, -0.05) is 30.9 Å². The Hall–Kier alpha value is -3.09. The first kappa shape index (κ1) is 37.1. The van der Waals surface area contributed by atoms with Crippen LogP contribution >= 0.6 is 0 Å². The van der Waals surface area contributed by atoms with Gasteiger partial charge in [-0.05, 0) is 102 Å². The van der Waals surface area contributed by atoms with Crippen LogP contribution in [0.1, 0.15) is 109 Å². The second kappa shape index (κ2) is 21.6. The van der Waals surface area contributed by atoms with Crippen LogP contribution in [0.25, 0.3) is 0 Å². The Balaban J connectivity index is 1.55. The minimum absolute atomic E-state index is 0.0127. The van der Waals surface area contributed by atoms with Crippen molar-refractivity contribution in [1.29, 1.82) is 0 Å². The molecule has 2 rings (SSSR count). The van der Waals surface area contributed by atoms with Crippen LogP contribution in [0.5, 0.6) is 0 Å². The third-order valence-electron chi connectivity index (χ3n) is 9.13. The van der Waals surface area contributed by atoms with Crippen LogP contribution in [0.2, 0.25) is 0 Å². The van der Waals surface area contributed by atoms with Crippen molar-refractivity contribution in [3.63, 3.8) is 0 Å². The molecule has 0 radical (unpaired) electrons. The molecular weight excluding hydrogens is 548 g/mol. The summed E-state index contributed by atoms with van der Waals surface area (Å²) in [4.78, 5) is 38.9. The largest absolute Gasteiger partial charge is 0.386 e. The second-order valence-corrected chi connectivity index (χ2v) is 12.9. The molecule has 2 saturated carbocycles. The van der Waals surface area contributed by atoms with Gasteiger partial charge in [-0.25, -0.2) is 0 Å². The average Bonchev–Trinajstić information content (AvgIpc) is 2.99. The molecule has 0 atom stereocenters. The molecule has 0 aliphatic heterocycles. The fourth-order valence-electron chi connectivity index (χ4n) is 6.74. The van der Waals surface area contributed by atoms with Crippen LogP contribution < -0.4 is 16.0 Å². The molecule has 0 unspecified atom stereocenters. The van der Waals surface area contributed by atoms with Crippen LogP contribution in [0, 0.1) is 11.8 Å². The first-order valence-electron chi connectivity index (χ1n) is 17.0. The van der Waals surface area contributed by atoms with E-state index in [1.165, 1.54) is 44.9 Å². The molecule has 0 aromatic rings. The molecule has 0 aromatic heterocycles. The van der Waals surface area contributed by atoms with Gasteiger partial charge in [0, 0.05) is 56.2 Å². The minimum Gasteiger partial charge on any atom is -0.386 e. The molecule has 3 N–H and O–H groups in total. The lowest BCUT2D eigenvalue weighted by Crippen LogP contribution is -2.38. The van der Waals surface area contributed by atoms with Gasteiger partial charge in [-0.2, -0.15) is 0 Å². The Bertz CT molecular complexity index is 924. The molecule has 7 nitrogen and oxygen atoms in total. The molecule has 0 bridgehead atoms. The summed E-state index contributed by atoms with van der Waals surface area (Å²) in [5.74, 6) is 1.75. The number of carbonyl (C=O) groups excluding carboxylic acids is 3. The standard InChI is InChI=1S/C37H60N4O3/c1-6-12-32(13-7-2)39-35(42)15-11-16-36(43)40-34-24-20-31(21-25-34)28-30-18-22-33(23-19-30)38-29(5)14-10-17-37(44)41(26-8-3)27-9-4/h6-9,30-34,38H,1-5,10-28H2,(H,39,42)(H,40,43). The van der Waals surface area contributed by atoms with Crippen LogP contribution in [-0.4, -0.2) is 53.8 Å². The van der Waals surface area contributed by atoms with E-state index >= 15 is 0 Å². The molecule has 246 valence electrons. The molecule has 2 fully saturated rings. The van der Waals surface area contributed by atoms with Gasteiger partial charge in [0.2, 0.25) is 17.7 Å². The van der Waals surface area contributed by atoms with Crippen LogP contribution in [0.15, 0.2) is 62.9 Å². The van der Waals surface area contributed by atoms with Crippen molar-refractivity contribution in [1.82, 2.24) is 20.9 Å². The zero-order valence-electron chi connectivity index (χ0n) is 27.3. The van der Waals surface area contributed by atoms with Crippen molar-refractivity contribution >= 4 is 17.7 Å². The van der Waals surface area contributed by atoms with E-state index in [-0.39, 0.29) is 29.8 Å². The van der Waals surface area contributed by atoms with E-state index in [0.717, 1.165) is 43.2 Å². The summed E-state index contributed by atoms with van der Waals surface area (Å²) in [6.07, 6.45) is 22.7. The molecule has 2 aliphatic rings. The zero-order chi connectivity index (χ0) is 32.2. The maximum atomic E-state index is 12.5. The number of hydrogen-bond acceptors (Lipinski definition) is 4. The van der Waals surface area contributed by atoms with Gasteiger partial charge in [0.15, 0.2) is 0 Å². The van der Waals surface area contributed by atoms with E-state index in [1.807, 2.05) is 0 Å². The summed E-state index contributed by atoms with van der Waals surface area (Å²) in [5.41, 5.74) is 1.05. The normalized spacial score (nSPS) is 21.5. The van der Waals surface area contributed by atoms with E-state index < -0.39 is 0 Å². The highest BCUT2D eigenvalue weighted by atomic mass is 16.2. The first-order valence-corrected chi connectivity index (χ1v) is 17.0. The summed E-state index contributed by atoms with van der Waals surface area (Å²) in [6.45, 7) is 20.3. The van der Waals surface area contributed by atoms with Crippen molar-refractivity contribution in [2.45, 2.75) is 127 Å². The Morgan fingerprint density at radius 2 is 1.16 bits per heavy atom. The second-order valence-electron chi connectivity index (χ2n) is 12.9. The van der Waals surface area contributed by atoms with Gasteiger partial charge in [0.25, 0.3) is 0 Å². The van der Waals surface area contributed by atoms with Gasteiger partial charge >= 0.3 is 0 Å². The first-order chi connectivity index (χ1) is 21.3. The Morgan fingerprint density at radius 1 is 0.659 bits per heavy atom. The minimum atomic E-state index is -0.0127. The maximum Gasteiger partial charge on any atom is 0.223 e. The number of nitrogens with one attached hydrogen (secondary N) is 3. The van der Waals surface area contributed by atoms with Gasteiger partial charge in [0.05, 0.1) is 0 Å².